The van der Waals surface area contributed by atoms with E-state index in [1.54, 1.807) is 0 Å². The molecule has 2 nitrogen and oxygen atoms in total. The van der Waals surface area contributed by atoms with E-state index in [0.717, 1.165) is 36.8 Å². The van der Waals surface area contributed by atoms with Gasteiger partial charge in [0.15, 0.2) is 0 Å². The molecule has 1 aromatic carbocycles. The summed E-state index contributed by atoms with van der Waals surface area (Å²) in [6.07, 6.45) is 3.57. The van der Waals surface area contributed by atoms with Crippen LogP contribution in [0, 0.1) is 0 Å². The molecule has 0 bridgehead atoms. The van der Waals surface area contributed by atoms with Crippen molar-refractivity contribution in [1.82, 2.24) is 5.32 Å². The van der Waals surface area contributed by atoms with Crippen molar-refractivity contribution in [3.63, 3.8) is 0 Å². The largest absolute Gasteiger partial charge is 0.371 e. The van der Waals surface area contributed by atoms with E-state index in [-0.39, 0.29) is 0 Å². The Morgan fingerprint density at radius 2 is 1.95 bits per heavy atom. The maximum absolute atomic E-state index is 6.49. The smallest absolute Gasteiger partial charge is 0.0642 e. The fourth-order valence-electron chi connectivity index (χ4n) is 2.33. The fraction of sp³-hybridized carbons (Fsp3) is 0.647. The summed E-state index contributed by atoms with van der Waals surface area (Å²) in [7, 11) is 0. The number of unbranched alkanes of at least 4 members (excludes halogenated alkanes) is 1. The lowest BCUT2D eigenvalue weighted by Crippen LogP contribution is -2.24. The topological polar surface area (TPSA) is 15.3 Å². The summed E-state index contributed by atoms with van der Waals surface area (Å²) in [6, 6.07) is 6.83. The SMILES string of the molecule is CCCCN(CC)c1ccc(C(C)NCCC)cc1Cl. The quantitative estimate of drug-likeness (QED) is 0.688. The molecular formula is C17H29ClN2. The van der Waals surface area contributed by atoms with Gasteiger partial charge in [0, 0.05) is 19.1 Å². The van der Waals surface area contributed by atoms with Gasteiger partial charge in [-0.15, -0.1) is 0 Å². The second kappa shape index (κ2) is 9.25. The van der Waals surface area contributed by atoms with Crippen molar-refractivity contribution in [3.05, 3.63) is 28.8 Å². The first-order valence-corrected chi connectivity index (χ1v) is 8.29. The Hall–Kier alpha value is -0.730. The standard InChI is InChI=1S/C17H29ClN2/c1-5-8-12-20(7-3)17-10-9-15(13-16(17)18)14(4)19-11-6-2/h9-10,13-14,19H,5-8,11-12H2,1-4H3. The highest BCUT2D eigenvalue weighted by atomic mass is 35.5. The molecule has 1 unspecified atom stereocenters. The van der Waals surface area contributed by atoms with Gasteiger partial charge in [0.2, 0.25) is 0 Å². The van der Waals surface area contributed by atoms with Gasteiger partial charge in [-0.05, 0) is 50.9 Å². The van der Waals surface area contributed by atoms with E-state index in [2.05, 4.69) is 56.1 Å². The zero-order valence-electron chi connectivity index (χ0n) is 13.4. The predicted molar refractivity (Wildman–Crippen MR) is 91.0 cm³/mol. The van der Waals surface area contributed by atoms with Crippen molar-refractivity contribution in [2.75, 3.05) is 24.5 Å². The lowest BCUT2D eigenvalue weighted by Gasteiger charge is -2.25. The minimum atomic E-state index is 0.354. The molecule has 0 aliphatic carbocycles. The van der Waals surface area contributed by atoms with Gasteiger partial charge in [0.1, 0.15) is 0 Å². The van der Waals surface area contributed by atoms with Gasteiger partial charge in [-0.1, -0.05) is 37.9 Å². The molecule has 0 saturated heterocycles. The summed E-state index contributed by atoms with van der Waals surface area (Å²) in [5.41, 5.74) is 2.42. The first-order chi connectivity index (χ1) is 9.63. The molecule has 0 heterocycles. The molecule has 114 valence electrons. The molecule has 3 heteroatoms. The monoisotopic (exact) mass is 296 g/mol. The average molecular weight is 297 g/mol. The van der Waals surface area contributed by atoms with Crippen LogP contribution in [0.4, 0.5) is 5.69 Å². The molecule has 20 heavy (non-hydrogen) atoms. The van der Waals surface area contributed by atoms with Gasteiger partial charge >= 0.3 is 0 Å². The number of anilines is 1. The molecular weight excluding hydrogens is 268 g/mol. The number of hydrogen-bond acceptors (Lipinski definition) is 2. The molecule has 0 amide bonds. The molecule has 1 N–H and O–H groups in total. The van der Waals surface area contributed by atoms with E-state index in [1.807, 2.05) is 0 Å². The van der Waals surface area contributed by atoms with Gasteiger partial charge in [-0.3, -0.25) is 0 Å². The summed E-state index contributed by atoms with van der Waals surface area (Å²) < 4.78 is 0. The van der Waals surface area contributed by atoms with Crippen LogP contribution in [-0.4, -0.2) is 19.6 Å². The maximum Gasteiger partial charge on any atom is 0.0642 e. The van der Waals surface area contributed by atoms with E-state index in [4.69, 9.17) is 11.6 Å². The maximum atomic E-state index is 6.49. The Balaban J connectivity index is 2.80. The molecule has 0 fully saturated rings. The van der Waals surface area contributed by atoms with Crippen LogP contribution in [0.3, 0.4) is 0 Å². The third kappa shape index (κ3) is 4.99. The third-order valence-electron chi connectivity index (χ3n) is 3.68. The summed E-state index contributed by atoms with van der Waals surface area (Å²) in [4.78, 5) is 2.36. The van der Waals surface area contributed by atoms with Crippen molar-refractivity contribution < 1.29 is 0 Å². The highest BCUT2D eigenvalue weighted by molar-refractivity contribution is 6.33. The Morgan fingerprint density at radius 1 is 1.20 bits per heavy atom. The Labute approximate surface area is 129 Å². The molecule has 0 aliphatic heterocycles. The van der Waals surface area contributed by atoms with Crippen LogP contribution >= 0.6 is 11.6 Å². The summed E-state index contributed by atoms with van der Waals surface area (Å²) >= 11 is 6.49. The van der Waals surface area contributed by atoms with Crippen molar-refractivity contribution in [3.8, 4) is 0 Å². The van der Waals surface area contributed by atoms with E-state index < -0.39 is 0 Å². The van der Waals surface area contributed by atoms with E-state index in [9.17, 15) is 0 Å². The van der Waals surface area contributed by atoms with Crippen LogP contribution in [-0.2, 0) is 0 Å². The zero-order valence-corrected chi connectivity index (χ0v) is 14.1. The molecule has 0 radical (unpaired) electrons. The van der Waals surface area contributed by atoms with Crippen molar-refractivity contribution >= 4 is 17.3 Å². The first kappa shape index (κ1) is 17.3. The summed E-state index contributed by atoms with van der Waals surface area (Å²) in [5, 5.41) is 4.37. The van der Waals surface area contributed by atoms with Crippen LogP contribution in [0.2, 0.25) is 5.02 Å². The van der Waals surface area contributed by atoms with Crippen LogP contribution in [0.25, 0.3) is 0 Å². The minimum Gasteiger partial charge on any atom is -0.371 e. The number of nitrogens with zero attached hydrogens (tertiary/aromatic N) is 1. The molecule has 1 rings (SSSR count). The van der Waals surface area contributed by atoms with Crippen molar-refractivity contribution in [2.45, 2.75) is 53.0 Å². The predicted octanol–water partition coefficient (Wildman–Crippen LogP) is 5.03. The van der Waals surface area contributed by atoms with Crippen LogP contribution in [0.5, 0.6) is 0 Å². The summed E-state index contributed by atoms with van der Waals surface area (Å²) in [6.45, 7) is 11.9. The summed E-state index contributed by atoms with van der Waals surface area (Å²) in [5.74, 6) is 0. The Kier molecular flexibility index (Phi) is 8.01. The van der Waals surface area contributed by atoms with Crippen molar-refractivity contribution in [1.29, 1.82) is 0 Å². The van der Waals surface area contributed by atoms with Gasteiger partial charge < -0.3 is 10.2 Å². The van der Waals surface area contributed by atoms with E-state index in [1.165, 1.54) is 18.4 Å². The van der Waals surface area contributed by atoms with Gasteiger partial charge in [0.05, 0.1) is 10.7 Å². The highest BCUT2D eigenvalue weighted by Crippen LogP contribution is 2.29. The van der Waals surface area contributed by atoms with Crippen LogP contribution in [0.15, 0.2) is 18.2 Å². The molecule has 0 aromatic heterocycles. The third-order valence-corrected chi connectivity index (χ3v) is 3.98. The van der Waals surface area contributed by atoms with E-state index >= 15 is 0 Å². The van der Waals surface area contributed by atoms with Crippen LogP contribution < -0.4 is 10.2 Å². The zero-order chi connectivity index (χ0) is 15.0. The number of hydrogen-bond donors (Lipinski definition) is 1. The lowest BCUT2D eigenvalue weighted by atomic mass is 10.1. The fourth-order valence-corrected chi connectivity index (χ4v) is 2.63. The van der Waals surface area contributed by atoms with Crippen LogP contribution in [0.1, 0.15) is 58.6 Å². The highest BCUT2D eigenvalue weighted by Gasteiger charge is 2.11. The molecule has 0 aliphatic rings. The van der Waals surface area contributed by atoms with Gasteiger partial charge in [-0.25, -0.2) is 0 Å². The number of benzene rings is 1. The van der Waals surface area contributed by atoms with Gasteiger partial charge in [-0.2, -0.15) is 0 Å². The van der Waals surface area contributed by atoms with Gasteiger partial charge in [0.25, 0.3) is 0 Å². The number of nitrogens with one attached hydrogen (secondary N) is 1. The normalized spacial score (nSPS) is 12.4. The molecule has 0 saturated carbocycles. The second-order valence-corrected chi connectivity index (χ2v) is 5.73. The number of halogens is 1. The number of rotatable bonds is 9. The molecule has 0 spiro atoms. The average Bonchev–Trinajstić information content (AvgIpc) is 2.46. The Morgan fingerprint density at radius 3 is 2.50 bits per heavy atom. The van der Waals surface area contributed by atoms with E-state index in [0.29, 0.717) is 6.04 Å². The molecule has 1 atom stereocenters. The first-order valence-electron chi connectivity index (χ1n) is 7.91. The lowest BCUT2D eigenvalue weighted by molar-refractivity contribution is 0.570. The Bertz CT molecular complexity index is 393. The van der Waals surface area contributed by atoms with Crippen molar-refractivity contribution in [2.24, 2.45) is 0 Å². The second-order valence-electron chi connectivity index (χ2n) is 5.32. The minimum absolute atomic E-state index is 0.354. The molecule has 1 aromatic rings.